The van der Waals surface area contributed by atoms with E-state index in [1.807, 2.05) is 48.5 Å². The summed E-state index contributed by atoms with van der Waals surface area (Å²) in [5.74, 6) is 19.2. The van der Waals surface area contributed by atoms with Gasteiger partial charge in [-0.05, 0) is 49.2 Å². The molecule has 0 unspecified atom stereocenters. The highest BCUT2D eigenvalue weighted by Gasteiger charge is 2.17. The molecule has 0 aromatic heterocycles. The third-order valence-electron chi connectivity index (χ3n) is 5.64. The predicted molar refractivity (Wildman–Crippen MR) is 165 cm³/mol. The second-order valence-electron chi connectivity index (χ2n) is 11.3. The van der Waals surface area contributed by atoms with Crippen molar-refractivity contribution in [2.75, 3.05) is 0 Å². The van der Waals surface area contributed by atoms with Gasteiger partial charge >= 0.3 is 0 Å². The fourth-order valence-electron chi connectivity index (χ4n) is 3.38. The van der Waals surface area contributed by atoms with Crippen molar-refractivity contribution in [2.45, 2.75) is 53.1 Å². The molecule has 0 bridgehead atoms. The van der Waals surface area contributed by atoms with E-state index in [0.29, 0.717) is 22.3 Å². The van der Waals surface area contributed by atoms with Crippen LogP contribution in [0.25, 0.3) is 0 Å². The van der Waals surface area contributed by atoms with Gasteiger partial charge in [-0.25, -0.2) is 0 Å². The number of aromatic hydroxyl groups is 2. The minimum Gasteiger partial charge on any atom is -0.506 e. The van der Waals surface area contributed by atoms with Gasteiger partial charge in [0, 0.05) is 22.3 Å². The summed E-state index contributed by atoms with van der Waals surface area (Å²) in [5.41, 5.74) is 11.8. The van der Waals surface area contributed by atoms with Crippen LogP contribution in [0.2, 0.25) is 39.3 Å². The van der Waals surface area contributed by atoms with Crippen molar-refractivity contribution in [3.63, 3.8) is 0 Å². The molecule has 0 aliphatic carbocycles. The summed E-state index contributed by atoms with van der Waals surface area (Å²) in [5, 5.41) is 22.1. The minimum atomic E-state index is -1.56. The molecule has 0 heterocycles. The van der Waals surface area contributed by atoms with E-state index in [2.05, 4.69) is 85.9 Å². The lowest BCUT2D eigenvalue weighted by Crippen LogP contribution is -2.16. The van der Waals surface area contributed by atoms with Crippen LogP contribution < -0.4 is 0 Å². The van der Waals surface area contributed by atoms with Crippen LogP contribution in [0.1, 0.15) is 44.5 Å². The maximum absolute atomic E-state index is 11.0. The summed E-state index contributed by atoms with van der Waals surface area (Å²) in [6.07, 6.45) is 0. The Morgan fingerprint density at radius 2 is 0.763 bits per heavy atom. The molecular formula is C34H34O2Si2. The molecule has 0 fully saturated rings. The van der Waals surface area contributed by atoms with Gasteiger partial charge in [-0.3, -0.25) is 0 Å². The molecule has 3 aromatic carbocycles. The second-order valence-corrected chi connectivity index (χ2v) is 20.8. The molecule has 2 nitrogen and oxygen atoms in total. The molecule has 0 saturated carbocycles. The van der Waals surface area contributed by atoms with Crippen LogP contribution in [0.4, 0.5) is 0 Å². The summed E-state index contributed by atoms with van der Waals surface area (Å²) < 4.78 is 0. The Morgan fingerprint density at radius 3 is 1.05 bits per heavy atom. The van der Waals surface area contributed by atoms with Gasteiger partial charge in [0.2, 0.25) is 0 Å². The van der Waals surface area contributed by atoms with Crippen LogP contribution in [0.5, 0.6) is 11.5 Å². The highest BCUT2D eigenvalue weighted by molar-refractivity contribution is 6.84. The number of rotatable bonds is 0. The monoisotopic (exact) mass is 530 g/mol. The predicted octanol–water partition coefficient (Wildman–Crippen LogP) is 6.97. The SMILES string of the molecule is Cc1c(C)c(O)c(C#Cc2ccccc2C#C[Si](C)(C)C)c(C#Cc2ccccc2C#C[Si](C)(C)C)c1O. The zero-order chi connectivity index (χ0) is 28.1. The Bertz CT molecular complexity index is 1510. The van der Waals surface area contributed by atoms with E-state index in [0.717, 1.165) is 22.3 Å². The number of benzene rings is 3. The average molecular weight is 531 g/mol. The van der Waals surface area contributed by atoms with Gasteiger partial charge in [-0.1, -0.05) is 99.1 Å². The molecule has 4 heteroatoms. The summed E-state index contributed by atoms with van der Waals surface area (Å²) in [7, 11) is -3.12. The van der Waals surface area contributed by atoms with Gasteiger partial charge in [-0.15, -0.1) is 11.1 Å². The fraction of sp³-hybridized carbons (Fsp3) is 0.235. The molecule has 0 aliphatic heterocycles. The van der Waals surface area contributed by atoms with E-state index in [-0.39, 0.29) is 11.5 Å². The number of phenols is 2. The van der Waals surface area contributed by atoms with E-state index in [1.165, 1.54) is 0 Å². The van der Waals surface area contributed by atoms with Crippen molar-refractivity contribution in [2.24, 2.45) is 0 Å². The Hall–Kier alpha value is -4.07. The first kappa shape index (κ1) is 28.5. The quantitative estimate of drug-likeness (QED) is 0.187. The van der Waals surface area contributed by atoms with Crippen molar-refractivity contribution < 1.29 is 10.2 Å². The van der Waals surface area contributed by atoms with Crippen LogP contribution in [0, 0.1) is 60.5 Å². The van der Waals surface area contributed by atoms with Crippen molar-refractivity contribution in [3.05, 3.63) is 93.0 Å². The highest BCUT2D eigenvalue weighted by Crippen LogP contribution is 2.36. The topological polar surface area (TPSA) is 40.5 Å². The molecule has 3 rings (SSSR count). The van der Waals surface area contributed by atoms with Crippen LogP contribution >= 0.6 is 0 Å². The van der Waals surface area contributed by atoms with Gasteiger partial charge in [0.15, 0.2) is 0 Å². The summed E-state index contributed by atoms with van der Waals surface area (Å²) in [6, 6.07) is 15.5. The van der Waals surface area contributed by atoms with Crippen LogP contribution in [-0.4, -0.2) is 26.4 Å². The zero-order valence-corrected chi connectivity index (χ0v) is 25.5. The maximum Gasteiger partial charge on any atom is 0.135 e. The average Bonchev–Trinajstić information content (AvgIpc) is 2.85. The van der Waals surface area contributed by atoms with E-state index in [9.17, 15) is 10.2 Å². The normalized spacial score (nSPS) is 10.5. The molecule has 0 saturated heterocycles. The van der Waals surface area contributed by atoms with Gasteiger partial charge in [0.25, 0.3) is 0 Å². The highest BCUT2D eigenvalue weighted by atomic mass is 28.3. The third-order valence-corrected chi connectivity index (χ3v) is 7.39. The molecule has 2 N–H and O–H groups in total. The van der Waals surface area contributed by atoms with Crippen molar-refractivity contribution in [3.8, 4) is 58.1 Å². The van der Waals surface area contributed by atoms with Crippen molar-refractivity contribution >= 4 is 16.1 Å². The Balaban J connectivity index is 2.19. The fourth-order valence-corrected chi connectivity index (χ4v) is 4.40. The molecule has 190 valence electrons. The lowest BCUT2D eigenvalue weighted by Gasteiger charge is -2.11. The Kier molecular flexibility index (Phi) is 8.66. The molecule has 0 amide bonds. The number of hydrogen-bond donors (Lipinski definition) is 2. The molecule has 0 atom stereocenters. The van der Waals surface area contributed by atoms with E-state index < -0.39 is 16.1 Å². The van der Waals surface area contributed by atoms with Crippen LogP contribution in [0.3, 0.4) is 0 Å². The first-order valence-corrected chi connectivity index (χ1v) is 19.6. The summed E-state index contributed by atoms with van der Waals surface area (Å²) in [6.45, 7) is 16.7. The standard InChI is InChI=1S/C34H34O2Si2/c1-25-26(2)34(36)32(20-18-28-14-10-12-16-30(28)22-24-38(6,7)8)31(33(25)35)19-17-27-13-9-11-15-29(27)21-23-37(3,4)5/h9-16,35-36H,1-8H3. The number of hydrogen-bond acceptors (Lipinski definition) is 2. The first-order chi connectivity index (χ1) is 17.8. The number of phenolic OH excluding ortho intramolecular Hbond substituents is 2. The third kappa shape index (κ3) is 7.48. The molecule has 0 aliphatic rings. The summed E-state index contributed by atoms with van der Waals surface area (Å²) >= 11 is 0. The zero-order valence-electron chi connectivity index (χ0n) is 23.5. The van der Waals surface area contributed by atoms with Crippen LogP contribution in [0.15, 0.2) is 48.5 Å². The molecule has 0 radical (unpaired) electrons. The van der Waals surface area contributed by atoms with E-state index in [4.69, 9.17) is 0 Å². The minimum absolute atomic E-state index is 0.0228. The van der Waals surface area contributed by atoms with Gasteiger partial charge in [0.1, 0.15) is 27.6 Å². The maximum atomic E-state index is 11.0. The largest absolute Gasteiger partial charge is 0.506 e. The Morgan fingerprint density at radius 1 is 0.474 bits per heavy atom. The van der Waals surface area contributed by atoms with E-state index >= 15 is 0 Å². The second kappa shape index (κ2) is 11.5. The van der Waals surface area contributed by atoms with Crippen molar-refractivity contribution in [1.82, 2.24) is 0 Å². The lowest BCUT2D eigenvalue weighted by atomic mass is 9.96. The Labute approximate surface area is 230 Å². The van der Waals surface area contributed by atoms with Crippen molar-refractivity contribution in [1.29, 1.82) is 0 Å². The molecular weight excluding hydrogens is 497 g/mol. The molecule has 0 spiro atoms. The van der Waals surface area contributed by atoms with Gasteiger partial charge in [0.05, 0.1) is 11.1 Å². The lowest BCUT2D eigenvalue weighted by molar-refractivity contribution is 0.450. The van der Waals surface area contributed by atoms with Gasteiger partial charge in [-0.2, -0.15) is 0 Å². The van der Waals surface area contributed by atoms with E-state index in [1.54, 1.807) is 13.8 Å². The van der Waals surface area contributed by atoms with Gasteiger partial charge < -0.3 is 10.2 Å². The smallest absolute Gasteiger partial charge is 0.135 e. The molecule has 38 heavy (non-hydrogen) atoms. The first-order valence-electron chi connectivity index (χ1n) is 12.6. The molecule has 3 aromatic rings. The van der Waals surface area contributed by atoms with Crippen LogP contribution in [-0.2, 0) is 0 Å². The summed E-state index contributed by atoms with van der Waals surface area (Å²) in [4.78, 5) is 0.